The van der Waals surface area contributed by atoms with Crippen molar-refractivity contribution >= 4 is 17.2 Å². The molecular formula is C28H35N7O2. The summed E-state index contributed by atoms with van der Waals surface area (Å²) in [5.74, 6) is 2.32. The standard InChI is InChI=1S/C28H35N7O2/c1-32-12-21-14-33(15-22(21)13-32)10-5-8-26(37)34-11-9-24-23(16-34)17-35-27(24)28(29-19-30-35)31-25(18-36)20-6-3-2-4-7-20/h2-8,17,19,21-22,25,36H,9-16,18H2,1H3,(H,29,30,31). The van der Waals surface area contributed by atoms with E-state index < -0.39 is 0 Å². The number of carbonyl (C=O) groups excluding carboxylic acids is 1. The predicted octanol–water partition coefficient (Wildman–Crippen LogP) is 1.81. The first-order valence-corrected chi connectivity index (χ1v) is 13.2. The van der Waals surface area contributed by atoms with Crippen molar-refractivity contribution in [1.82, 2.24) is 29.3 Å². The number of aliphatic hydroxyl groups is 1. The summed E-state index contributed by atoms with van der Waals surface area (Å²) in [5.41, 5.74) is 4.16. The molecule has 3 aliphatic rings. The van der Waals surface area contributed by atoms with Crippen LogP contribution in [-0.4, -0.2) is 93.2 Å². The van der Waals surface area contributed by atoms with Gasteiger partial charge in [-0.05, 0) is 42.0 Å². The molecule has 2 fully saturated rings. The van der Waals surface area contributed by atoms with Crippen LogP contribution in [0.5, 0.6) is 0 Å². The maximum Gasteiger partial charge on any atom is 0.246 e. The minimum atomic E-state index is -0.270. The normalized spacial score (nSPS) is 23.0. The number of amides is 1. The summed E-state index contributed by atoms with van der Waals surface area (Å²) in [6, 6.07) is 9.60. The highest BCUT2D eigenvalue weighted by atomic mass is 16.3. The van der Waals surface area contributed by atoms with Gasteiger partial charge in [0.25, 0.3) is 0 Å². The lowest BCUT2D eigenvalue weighted by Gasteiger charge is -2.26. The number of likely N-dealkylation sites (tertiary alicyclic amines) is 2. The van der Waals surface area contributed by atoms with E-state index in [9.17, 15) is 9.90 Å². The second-order valence-corrected chi connectivity index (χ2v) is 10.7. The van der Waals surface area contributed by atoms with E-state index in [-0.39, 0.29) is 18.6 Å². The fourth-order valence-electron chi connectivity index (χ4n) is 6.33. The highest BCUT2D eigenvalue weighted by Crippen LogP contribution is 2.31. The van der Waals surface area contributed by atoms with Crippen LogP contribution in [0.2, 0.25) is 0 Å². The second-order valence-electron chi connectivity index (χ2n) is 10.7. The summed E-state index contributed by atoms with van der Waals surface area (Å²) in [6.45, 7) is 6.67. The number of aromatic nitrogens is 3. The zero-order valence-corrected chi connectivity index (χ0v) is 21.3. The Morgan fingerprint density at radius 2 is 1.97 bits per heavy atom. The molecule has 2 aromatic heterocycles. The molecule has 3 atom stereocenters. The first kappa shape index (κ1) is 24.1. The fraction of sp³-hybridized carbons (Fsp3) is 0.464. The summed E-state index contributed by atoms with van der Waals surface area (Å²) in [5, 5.41) is 17.9. The van der Waals surface area contributed by atoms with Gasteiger partial charge in [-0.3, -0.25) is 9.69 Å². The molecule has 6 rings (SSSR count). The van der Waals surface area contributed by atoms with Crippen LogP contribution in [0.25, 0.3) is 5.52 Å². The summed E-state index contributed by atoms with van der Waals surface area (Å²) < 4.78 is 1.84. The van der Waals surface area contributed by atoms with Crippen molar-refractivity contribution in [2.45, 2.75) is 19.0 Å². The first-order chi connectivity index (χ1) is 18.1. The first-order valence-electron chi connectivity index (χ1n) is 13.2. The molecule has 0 saturated carbocycles. The van der Waals surface area contributed by atoms with Gasteiger partial charge in [-0.25, -0.2) is 9.50 Å². The van der Waals surface area contributed by atoms with Gasteiger partial charge in [0.2, 0.25) is 5.91 Å². The second kappa shape index (κ2) is 10.2. The maximum absolute atomic E-state index is 13.0. The number of hydrogen-bond acceptors (Lipinski definition) is 7. The molecule has 2 saturated heterocycles. The lowest BCUT2D eigenvalue weighted by Crippen LogP contribution is -2.34. The molecule has 0 radical (unpaired) electrons. The molecule has 3 aromatic rings. The van der Waals surface area contributed by atoms with Gasteiger partial charge >= 0.3 is 0 Å². The van der Waals surface area contributed by atoms with E-state index in [0.717, 1.165) is 60.1 Å². The maximum atomic E-state index is 13.0. The molecule has 0 aliphatic carbocycles. The Bertz CT molecular complexity index is 1280. The number of fused-ring (bicyclic) bond motifs is 4. The predicted molar refractivity (Wildman–Crippen MR) is 142 cm³/mol. The van der Waals surface area contributed by atoms with Crippen molar-refractivity contribution in [2.24, 2.45) is 11.8 Å². The van der Waals surface area contributed by atoms with E-state index >= 15 is 0 Å². The summed E-state index contributed by atoms with van der Waals surface area (Å²) >= 11 is 0. The molecule has 9 heteroatoms. The third kappa shape index (κ3) is 4.86. The van der Waals surface area contributed by atoms with Gasteiger partial charge in [-0.1, -0.05) is 36.4 Å². The molecule has 0 spiro atoms. The SMILES string of the molecule is CN1CC2CN(CC=CC(=O)N3CCc4c(cn5ncnc(NC(CO)c6ccccc6)c45)C3)CC2C1. The number of nitrogens with one attached hydrogen (secondary N) is 1. The minimum absolute atomic E-state index is 0.0481. The largest absolute Gasteiger partial charge is 0.394 e. The Balaban J connectivity index is 1.12. The van der Waals surface area contributed by atoms with Gasteiger partial charge in [0, 0.05) is 58.1 Å². The number of anilines is 1. The Hall–Kier alpha value is -3.27. The zero-order chi connectivity index (χ0) is 25.4. The van der Waals surface area contributed by atoms with E-state index in [2.05, 4.69) is 32.2 Å². The van der Waals surface area contributed by atoms with Crippen molar-refractivity contribution in [3.63, 3.8) is 0 Å². The fourth-order valence-corrected chi connectivity index (χ4v) is 6.33. The third-order valence-corrected chi connectivity index (χ3v) is 8.14. The smallest absolute Gasteiger partial charge is 0.246 e. The molecule has 37 heavy (non-hydrogen) atoms. The van der Waals surface area contributed by atoms with Gasteiger partial charge in [-0.15, -0.1) is 0 Å². The number of nitrogens with zero attached hydrogens (tertiary/aromatic N) is 6. The summed E-state index contributed by atoms with van der Waals surface area (Å²) in [6.07, 6.45) is 8.05. The molecule has 2 N–H and O–H groups in total. The Morgan fingerprint density at radius 3 is 2.73 bits per heavy atom. The molecule has 0 bridgehead atoms. The lowest BCUT2D eigenvalue weighted by molar-refractivity contribution is -0.126. The van der Waals surface area contributed by atoms with E-state index in [4.69, 9.17) is 0 Å². The topological polar surface area (TPSA) is 89.2 Å². The van der Waals surface area contributed by atoms with E-state index in [1.807, 2.05) is 52.0 Å². The van der Waals surface area contributed by atoms with E-state index in [0.29, 0.717) is 18.9 Å². The van der Waals surface area contributed by atoms with Crippen LogP contribution in [0.1, 0.15) is 22.7 Å². The third-order valence-electron chi connectivity index (χ3n) is 8.14. The molecule has 194 valence electrons. The molecule has 5 heterocycles. The van der Waals surface area contributed by atoms with Gasteiger partial charge in [0.05, 0.1) is 12.6 Å². The van der Waals surface area contributed by atoms with Gasteiger partial charge < -0.3 is 20.2 Å². The number of hydrogen-bond donors (Lipinski definition) is 2. The van der Waals surface area contributed by atoms with Crippen LogP contribution >= 0.6 is 0 Å². The van der Waals surface area contributed by atoms with Gasteiger partial charge in [0.1, 0.15) is 11.8 Å². The average molecular weight is 502 g/mol. The van der Waals surface area contributed by atoms with Crippen LogP contribution < -0.4 is 5.32 Å². The lowest BCUT2D eigenvalue weighted by atomic mass is 10.0. The van der Waals surface area contributed by atoms with Gasteiger partial charge in [0.15, 0.2) is 5.82 Å². The van der Waals surface area contributed by atoms with Crippen LogP contribution in [0.15, 0.2) is 55.0 Å². The highest BCUT2D eigenvalue weighted by Gasteiger charge is 2.38. The van der Waals surface area contributed by atoms with Crippen molar-refractivity contribution in [3.8, 4) is 0 Å². The number of aliphatic hydroxyl groups excluding tert-OH is 1. The summed E-state index contributed by atoms with van der Waals surface area (Å²) in [7, 11) is 2.21. The van der Waals surface area contributed by atoms with Crippen molar-refractivity contribution in [3.05, 3.63) is 71.7 Å². The van der Waals surface area contributed by atoms with Crippen LogP contribution in [-0.2, 0) is 17.8 Å². The number of carbonyl (C=O) groups is 1. The van der Waals surface area contributed by atoms with Crippen molar-refractivity contribution in [2.75, 3.05) is 58.2 Å². The minimum Gasteiger partial charge on any atom is -0.394 e. The number of benzene rings is 1. The summed E-state index contributed by atoms with van der Waals surface area (Å²) in [4.78, 5) is 24.3. The molecule has 3 aliphatic heterocycles. The van der Waals surface area contributed by atoms with E-state index in [1.54, 1.807) is 6.08 Å². The molecule has 1 amide bonds. The molecule has 1 aromatic carbocycles. The molecular weight excluding hydrogens is 466 g/mol. The monoisotopic (exact) mass is 501 g/mol. The van der Waals surface area contributed by atoms with Crippen molar-refractivity contribution in [1.29, 1.82) is 0 Å². The Labute approximate surface area is 217 Å². The number of rotatable bonds is 7. The zero-order valence-electron chi connectivity index (χ0n) is 21.3. The van der Waals surface area contributed by atoms with Crippen LogP contribution in [0.4, 0.5) is 5.82 Å². The average Bonchev–Trinajstić information content (AvgIpc) is 3.57. The quantitative estimate of drug-likeness (QED) is 0.478. The molecule has 3 unspecified atom stereocenters. The Morgan fingerprint density at radius 1 is 1.19 bits per heavy atom. The molecule has 9 nitrogen and oxygen atoms in total. The van der Waals surface area contributed by atoms with Crippen LogP contribution in [0, 0.1) is 11.8 Å². The van der Waals surface area contributed by atoms with Crippen LogP contribution in [0.3, 0.4) is 0 Å². The highest BCUT2D eigenvalue weighted by molar-refractivity contribution is 5.88. The van der Waals surface area contributed by atoms with Crippen molar-refractivity contribution < 1.29 is 9.90 Å². The Kier molecular flexibility index (Phi) is 6.67. The van der Waals surface area contributed by atoms with Gasteiger partial charge in [-0.2, -0.15) is 5.10 Å². The van der Waals surface area contributed by atoms with E-state index in [1.165, 1.54) is 19.4 Å².